The van der Waals surface area contributed by atoms with E-state index in [0.717, 1.165) is 41.6 Å². The van der Waals surface area contributed by atoms with Gasteiger partial charge < -0.3 is 14.9 Å². The molecule has 0 radical (unpaired) electrons. The quantitative estimate of drug-likeness (QED) is 0.919. The lowest BCUT2D eigenvalue weighted by Crippen LogP contribution is -2.46. The lowest BCUT2D eigenvalue weighted by Gasteiger charge is -2.39. The predicted octanol–water partition coefficient (Wildman–Crippen LogP) is 2.45. The molecule has 0 aromatic carbocycles. The number of carboxylic acids is 1. The van der Waals surface area contributed by atoms with Crippen molar-refractivity contribution < 1.29 is 9.90 Å². The molecule has 2 aliphatic heterocycles. The number of aromatic nitrogens is 2. The summed E-state index contributed by atoms with van der Waals surface area (Å²) in [6.45, 7) is 5.11. The Hall–Kier alpha value is -1.89. The number of rotatable bonds is 4. The number of anilines is 2. The number of carbonyl (C=O) groups is 1. The lowest BCUT2D eigenvalue weighted by molar-refractivity contribution is -0.137. The normalized spacial score (nSPS) is 31.2. The minimum atomic E-state index is -0.669. The van der Waals surface area contributed by atoms with E-state index in [1.54, 1.807) is 11.3 Å². The highest BCUT2D eigenvalue weighted by molar-refractivity contribution is 7.17. The Morgan fingerprint density at radius 2 is 2.17 bits per heavy atom. The third kappa shape index (κ3) is 2.10. The number of piperidine rings is 1. The summed E-state index contributed by atoms with van der Waals surface area (Å²) in [5.41, 5.74) is 1.03. The van der Waals surface area contributed by atoms with Gasteiger partial charge in [-0.25, -0.2) is 4.98 Å². The van der Waals surface area contributed by atoms with E-state index in [2.05, 4.69) is 28.2 Å². The molecule has 4 heterocycles. The molecule has 3 aliphatic rings. The van der Waals surface area contributed by atoms with Gasteiger partial charge in [-0.1, -0.05) is 0 Å². The standard InChI is InChI=1S/C17H20N4O2S/c1-9-2-4-21(9)17-18-13-3-5-24-15(13)16(19-17)20-7-11-10(6-14(22)23)12(11)8-20/h3,5,9-12H,2,4,6-8H2,1H3,(H,22,23)/t9-,10-,11-,12+/m0/s1. The number of hydrogen-bond acceptors (Lipinski definition) is 6. The minimum Gasteiger partial charge on any atom is -0.481 e. The largest absolute Gasteiger partial charge is 0.481 e. The van der Waals surface area contributed by atoms with Crippen molar-refractivity contribution in [3.05, 3.63) is 11.4 Å². The molecule has 3 fully saturated rings. The molecule has 1 N–H and O–H groups in total. The van der Waals surface area contributed by atoms with Gasteiger partial charge in [0.1, 0.15) is 0 Å². The van der Waals surface area contributed by atoms with Crippen LogP contribution in [0.1, 0.15) is 19.8 Å². The van der Waals surface area contributed by atoms with E-state index < -0.39 is 5.97 Å². The predicted molar refractivity (Wildman–Crippen MR) is 93.8 cm³/mol. The third-order valence-electron chi connectivity index (χ3n) is 5.93. The van der Waals surface area contributed by atoms with Crippen LogP contribution in [0, 0.1) is 17.8 Å². The fourth-order valence-electron chi connectivity index (χ4n) is 4.32. The van der Waals surface area contributed by atoms with Crippen LogP contribution in [0.3, 0.4) is 0 Å². The smallest absolute Gasteiger partial charge is 0.303 e. The van der Waals surface area contributed by atoms with Gasteiger partial charge in [-0.3, -0.25) is 4.79 Å². The van der Waals surface area contributed by atoms with Crippen molar-refractivity contribution >= 4 is 39.3 Å². The van der Waals surface area contributed by atoms with Crippen LogP contribution in [0.25, 0.3) is 10.2 Å². The Kier molecular flexibility index (Phi) is 3.04. The highest BCUT2D eigenvalue weighted by atomic mass is 32.1. The summed E-state index contributed by atoms with van der Waals surface area (Å²) in [6, 6.07) is 2.59. The van der Waals surface area contributed by atoms with Crippen LogP contribution in [-0.2, 0) is 4.79 Å². The van der Waals surface area contributed by atoms with Crippen LogP contribution in [0.4, 0.5) is 11.8 Å². The second-order valence-electron chi connectivity index (χ2n) is 7.31. The molecule has 1 aliphatic carbocycles. The van der Waals surface area contributed by atoms with Gasteiger partial charge in [-0.15, -0.1) is 11.3 Å². The Morgan fingerprint density at radius 1 is 1.38 bits per heavy atom. The molecule has 2 saturated heterocycles. The molecule has 7 heteroatoms. The molecule has 0 unspecified atom stereocenters. The Morgan fingerprint density at radius 3 is 2.79 bits per heavy atom. The minimum absolute atomic E-state index is 0.317. The molecular formula is C17H20N4O2S. The van der Waals surface area contributed by atoms with E-state index >= 15 is 0 Å². The first-order chi connectivity index (χ1) is 11.6. The van der Waals surface area contributed by atoms with Crippen LogP contribution < -0.4 is 9.80 Å². The molecule has 126 valence electrons. The monoisotopic (exact) mass is 344 g/mol. The first kappa shape index (κ1) is 14.5. The summed E-state index contributed by atoms with van der Waals surface area (Å²) in [4.78, 5) is 25.2. The van der Waals surface area contributed by atoms with Gasteiger partial charge in [0.2, 0.25) is 5.95 Å². The molecule has 0 bridgehead atoms. The highest BCUT2D eigenvalue weighted by Crippen LogP contribution is 2.54. The van der Waals surface area contributed by atoms with E-state index in [-0.39, 0.29) is 0 Å². The van der Waals surface area contributed by atoms with Crippen molar-refractivity contribution in [2.45, 2.75) is 25.8 Å². The zero-order valence-corrected chi connectivity index (χ0v) is 14.4. The van der Waals surface area contributed by atoms with Crippen molar-refractivity contribution in [1.82, 2.24) is 9.97 Å². The van der Waals surface area contributed by atoms with Gasteiger partial charge >= 0.3 is 5.97 Å². The maximum absolute atomic E-state index is 10.9. The molecule has 24 heavy (non-hydrogen) atoms. The van der Waals surface area contributed by atoms with Gasteiger partial charge in [-0.05, 0) is 42.5 Å². The molecule has 6 nitrogen and oxygen atoms in total. The first-order valence-corrected chi connectivity index (χ1v) is 9.48. The fourth-order valence-corrected chi connectivity index (χ4v) is 5.17. The van der Waals surface area contributed by atoms with Crippen LogP contribution in [-0.4, -0.2) is 46.7 Å². The molecule has 0 spiro atoms. The summed E-state index contributed by atoms with van der Waals surface area (Å²) in [7, 11) is 0. The second-order valence-corrected chi connectivity index (χ2v) is 8.22. The number of nitrogens with zero attached hydrogens (tertiary/aromatic N) is 4. The molecular weight excluding hydrogens is 324 g/mol. The topological polar surface area (TPSA) is 69.6 Å². The van der Waals surface area contributed by atoms with Crippen LogP contribution in [0.15, 0.2) is 11.4 Å². The average molecular weight is 344 g/mol. The lowest BCUT2D eigenvalue weighted by atomic mass is 10.1. The van der Waals surface area contributed by atoms with Gasteiger partial charge in [0.05, 0.1) is 10.2 Å². The summed E-state index contributed by atoms with van der Waals surface area (Å²) in [5.74, 6) is 2.64. The Balaban J connectivity index is 1.43. The van der Waals surface area contributed by atoms with Crippen molar-refractivity contribution in [1.29, 1.82) is 0 Å². The van der Waals surface area contributed by atoms with Crippen molar-refractivity contribution in [3.8, 4) is 0 Å². The first-order valence-electron chi connectivity index (χ1n) is 8.60. The zero-order valence-electron chi connectivity index (χ0n) is 13.6. The van der Waals surface area contributed by atoms with Crippen molar-refractivity contribution in [2.75, 3.05) is 29.4 Å². The summed E-state index contributed by atoms with van der Waals surface area (Å²) >= 11 is 1.70. The van der Waals surface area contributed by atoms with Crippen LogP contribution >= 0.6 is 11.3 Å². The van der Waals surface area contributed by atoms with Gasteiger partial charge in [0.15, 0.2) is 5.82 Å². The molecule has 2 aromatic rings. The summed E-state index contributed by atoms with van der Waals surface area (Å²) < 4.78 is 1.16. The zero-order chi connectivity index (χ0) is 16.4. The number of fused-ring (bicyclic) bond motifs is 2. The molecule has 5 rings (SSSR count). The number of carboxylic acid groups (broad SMARTS) is 1. The van der Waals surface area contributed by atoms with E-state index in [4.69, 9.17) is 15.1 Å². The van der Waals surface area contributed by atoms with Crippen LogP contribution in [0.5, 0.6) is 0 Å². The Labute approximate surface area is 144 Å². The van der Waals surface area contributed by atoms with E-state index in [0.29, 0.717) is 30.2 Å². The average Bonchev–Trinajstić information content (AvgIpc) is 2.97. The van der Waals surface area contributed by atoms with E-state index in [1.807, 2.05) is 0 Å². The second kappa shape index (κ2) is 5.05. The molecule has 0 amide bonds. The maximum Gasteiger partial charge on any atom is 0.303 e. The van der Waals surface area contributed by atoms with Crippen LogP contribution in [0.2, 0.25) is 0 Å². The molecule has 2 aromatic heterocycles. The SMILES string of the molecule is C[C@H]1CCN1c1nc(N2C[C@@H]3[C@@H](CC(=O)O)[C@@H]3C2)c2sccc2n1. The maximum atomic E-state index is 10.9. The number of thiophene rings is 1. The summed E-state index contributed by atoms with van der Waals surface area (Å²) in [5, 5.41) is 11.1. The van der Waals surface area contributed by atoms with Crippen molar-refractivity contribution in [3.63, 3.8) is 0 Å². The molecule has 1 saturated carbocycles. The number of aliphatic carboxylic acids is 1. The fraction of sp³-hybridized carbons (Fsp3) is 0.588. The van der Waals surface area contributed by atoms with Gasteiger partial charge in [0, 0.05) is 32.1 Å². The Bertz CT molecular complexity index is 810. The molecule has 4 atom stereocenters. The summed E-state index contributed by atoms with van der Waals surface area (Å²) in [6.07, 6.45) is 1.52. The van der Waals surface area contributed by atoms with E-state index in [9.17, 15) is 4.79 Å². The third-order valence-corrected chi connectivity index (χ3v) is 6.83. The van der Waals surface area contributed by atoms with Crippen molar-refractivity contribution in [2.24, 2.45) is 17.8 Å². The number of hydrogen-bond donors (Lipinski definition) is 1. The van der Waals surface area contributed by atoms with E-state index in [1.165, 1.54) is 6.42 Å². The van der Waals surface area contributed by atoms with Gasteiger partial charge in [-0.2, -0.15) is 4.98 Å². The highest BCUT2D eigenvalue weighted by Gasteiger charge is 2.56. The van der Waals surface area contributed by atoms with Gasteiger partial charge in [0.25, 0.3) is 0 Å².